The molecule has 0 saturated carbocycles. The molecule has 150 valence electrons. The van der Waals surface area contributed by atoms with Gasteiger partial charge >= 0.3 is 0 Å². The van der Waals surface area contributed by atoms with Gasteiger partial charge in [0, 0.05) is 26.1 Å². The molecule has 1 amide bonds. The second-order valence-corrected chi connectivity index (χ2v) is 7.51. The minimum atomic E-state index is 0.280. The number of methoxy groups -OCH3 is 1. The topological polar surface area (TPSA) is 32.8 Å². The van der Waals surface area contributed by atoms with Crippen LogP contribution in [0.15, 0.2) is 54.6 Å². The summed E-state index contributed by atoms with van der Waals surface area (Å²) in [5, 5.41) is 0. The number of aryl methyl sites for hydroxylation is 2. The fourth-order valence-electron chi connectivity index (χ4n) is 3.80. The number of rotatable bonds is 8. The Morgan fingerprint density at radius 3 is 2.39 bits per heavy atom. The zero-order chi connectivity index (χ0) is 19.6. The smallest absolute Gasteiger partial charge is 0.222 e. The highest BCUT2D eigenvalue weighted by molar-refractivity contribution is 5.76. The number of amides is 1. The number of nitrogens with zero attached hydrogens (tertiary/aromatic N) is 2. The van der Waals surface area contributed by atoms with Crippen molar-refractivity contribution in [1.29, 1.82) is 0 Å². The van der Waals surface area contributed by atoms with Crippen molar-refractivity contribution in [3.63, 3.8) is 0 Å². The molecule has 0 bridgehead atoms. The molecular formula is C24H32N2O2. The zero-order valence-electron chi connectivity index (χ0n) is 17.0. The first-order valence-corrected chi connectivity index (χ1v) is 10.4. The lowest BCUT2D eigenvalue weighted by atomic mass is 10.1. The average Bonchev–Trinajstić information content (AvgIpc) is 2.99. The minimum Gasteiger partial charge on any atom is -0.497 e. The van der Waals surface area contributed by atoms with E-state index in [0.29, 0.717) is 6.42 Å². The molecule has 0 spiro atoms. The summed E-state index contributed by atoms with van der Waals surface area (Å²) in [5.74, 6) is 1.14. The van der Waals surface area contributed by atoms with Crippen molar-refractivity contribution < 1.29 is 9.53 Å². The van der Waals surface area contributed by atoms with Crippen LogP contribution >= 0.6 is 0 Å². The van der Waals surface area contributed by atoms with Crippen LogP contribution in [0.4, 0.5) is 0 Å². The molecule has 4 nitrogen and oxygen atoms in total. The molecule has 0 N–H and O–H groups in total. The van der Waals surface area contributed by atoms with Crippen LogP contribution in [0.1, 0.15) is 30.4 Å². The highest BCUT2D eigenvalue weighted by Gasteiger charge is 2.18. The number of hydrogen-bond acceptors (Lipinski definition) is 3. The molecular weight excluding hydrogens is 348 g/mol. The third kappa shape index (κ3) is 6.38. The van der Waals surface area contributed by atoms with Gasteiger partial charge in [0.15, 0.2) is 0 Å². The Balaban J connectivity index is 1.38. The van der Waals surface area contributed by atoms with Crippen LogP contribution in [0.25, 0.3) is 0 Å². The van der Waals surface area contributed by atoms with Crippen LogP contribution < -0.4 is 4.74 Å². The van der Waals surface area contributed by atoms with E-state index in [9.17, 15) is 4.79 Å². The average molecular weight is 381 g/mol. The van der Waals surface area contributed by atoms with Gasteiger partial charge in [-0.15, -0.1) is 0 Å². The Labute approximate surface area is 169 Å². The Kier molecular flexibility index (Phi) is 7.92. The number of carbonyl (C=O) groups excluding carboxylic acids is 1. The molecule has 4 heteroatoms. The Morgan fingerprint density at radius 2 is 1.64 bits per heavy atom. The molecule has 1 fully saturated rings. The second kappa shape index (κ2) is 10.9. The van der Waals surface area contributed by atoms with E-state index in [2.05, 4.69) is 40.1 Å². The third-order valence-corrected chi connectivity index (χ3v) is 5.51. The second-order valence-electron chi connectivity index (χ2n) is 7.51. The summed E-state index contributed by atoms with van der Waals surface area (Å²) in [6.07, 6.45) is 4.75. The van der Waals surface area contributed by atoms with E-state index >= 15 is 0 Å². The van der Waals surface area contributed by atoms with E-state index in [4.69, 9.17) is 4.74 Å². The summed E-state index contributed by atoms with van der Waals surface area (Å²) in [4.78, 5) is 17.2. The van der Waals surface area contributed by atoms with Crippen LogP contribution in [0.5, 0.6) is 5.75 Å². The first-order chi connectivity index (χ1) is 13.7. The van der Waals surface area contributed by atoms with Crippen LogP contribution in [0, 0.1) is 0 Å². The van der Waals surface area contributed by atoms with E-state index < -0.39 is 0 Å². The lowest BCUT2D eigenvalue weighted by Crippen LogP contribution is -2.35. The fourth-order valence-corrected chi connectivity index (χ4v) is 3.80. The molecule has 2 aromatic carbocycles. The van der Waals surface area contributed by atoms with Crippen LogP contribution in [-0.4, -0.2) is 55.5 Å². The molecule has 1 saturated heterocycles. The first-order valence-electron chi connectivity index (χ1n) is 10.4. The summed E-state index contributed by atoms with van der Waals surface area (Å²) in [6, 6.07) is 18.7. The molecule has 1 aliphatic heterocycles. The highest BCUT2D eigenvalue weighted by atomic mass is 16.5. The normalized spacial score (nSPS) is 15.2. The predicted molar refractivity (Wildman–Crippen MR) is 114 cm³/mol. The summed E-state index contributed by atoms with van der Waals surface area (Å²) in [7, 11) is 1.67. The van der Waals surface area contributed by atoms with Crippen molar-refractivity contribution in [2.75, 3.05) is 39.8 Å². The van der Waals surface area contributed by atoms with Crippen molar-refractivity contribution in [2.24, 2.45) is 0 Å². The molecule has 0 unspecified atom stereocenters. The lowest BCUT2D eigenvalue weighted by Gasteiger charge is -2.22. The standard InChI is InChI=1S/C24H32N2O2/c1-28-23-13-10-22(11-14-23)12-15-24(27)26-18-6-17-25(19-20-26)16-5-9-21-7-3-2-4-8-21/h2-4,7-8,10-11,13-14H,5-6,9,12,15-20H2,1H3. The van der Waals surface area contributed by atoms with Gasteiger partial charge in [-0.3, -0.25) is 4.79 Å². The monoisotopic (exact) mass is 380 g/mol. The van der Waals surface area contributed by atoms with Crippen molar-refractivity contribution in [2.45, 2.75) is 32.1 Å². The Bertz CT molecular complexity index is 715. The number of carbonyl (C=O) groups is 1. The fraction of sp³-hybridized carbons (Fsp3) is 0.458. The first kappa shape index (κ1) is 20.4. The van der Waals surface area contributed by atoms with Gasteiger partial charge in [-0.1, -0.05) is 42.5 Å². The summed E-state index contributed by atoms with van der Waals surface area (Å²) in [5.41, 5.74) is 2.60. The number of hydrogen-bond donors (Lipinski definition) is 0. The van der Waals surface area contributed by atoms with Gasteiger partial charge in [0.25, 0.3) is 0 Å². The van der Waals surface area contributed by atoms with Gasteiger partial charge in [0.2, 0.25) is 5.91 Å². The lowest BCUT2D eigenvalue weighted by molar-refractivity contribution is -0.131. The highest BCUT2D eigenvalue weighted by Crippen LogP contribution is 2.14. The van der Waals surface area contributed by atoms with Gasteiger partial charge in [-0.05, 0) is 62.0 Å². The van der Waals surface area contributed by atoms with E-state index in [1.165, 1.54) is 17.5 Å². The van der Waals surface area contributed by atoms with E-state index in [1.54, 1.807) is 7.11 Å². The molecule has 0 aliphatic carbocycles. The van der Waals surface area contributed by atoms with Gasteiger partial charge in [0.05, 0.1) is 7.11 Å². The summed E-state index contributed by atoms with van der Waals surface area (Å²) in [6.45, 7) is 4.94. The molecule has 0 atom stereocenters. The minimum absolute atomic E-state index is 0.280. The molecule has 3 rings (SSSR count). The molecule has 0 aromatic heterocycles. The van der Waals surface area contributed by atoms with Crippen LogP contribution in [0.2, 0.25) is 0 Å². The van der Waals surface area contributed by atoms with Crippen LogP contribution in [-0.2, 0) is 17.6 Å². The SMILES string of the molecule is COc1ccc(CCC(=O)N2CCCN(CCCc3ccccc3)CC2)cc1. The zero-order valence-corrected chi connectivity index (χ0v) is 17.0. The Hall–Kier alpha value is -2.33. The largest absolute Gasteiger partial charge is 0.497 e. The number of benzene rings is 2. The van der Waals surface area contributed by atoms with Crippen LogP contribution in [0.3, 0.4) is 0 Å². The maximum Gasteiger partial charge on any atom is 0.222 e. The van der Waals surface area contributed by atoms with E-state index in [1.807, 2.05) is 24.3 Å². The van der Waals surface area contributed by atoms with Crippen molar-refractivity contribution in [3.05, 3.63) is 65.7 Å². The van der Waals surface area contributed by atoms with Crippen molar-refractivity contribution in [3.8, 4) is 5.75 Å². The quantitative estimate of drug-likeness (QED) is 0.698. The summed E-state index contributed by atoms with van der Waals surface area (Å²) >= 11 is 0. The summed E-state index contributed by atoms with van der Waals surface area (Å²) < 4.78 is 5.19. The van der Waals surface area contributed by atoms with Crippen molar-refractivity contribution >= 4 is 5.91 Å². The maximum atomic E-state index is 12.6. The molecule has 28 heavy (non-hydrogen) atoms. The molecule has 2 aromatic rings. The molecule has 1 aliphatic rings. The third-order valence-electron chi connectivity index (χ3n) is 5.51. The Morgan fingerprint density at radius 1 is 0.893 bits per heavy atom. The molecule has 0 radical (unpaired) electrons. The van der Waals surface area contributed by atoms with Gasteiger partial charge in [-0.2, -0.15) is 0 Å². The van der Waals surface area contributed by atoms with E-state index in [0.717, 1.165) is 57.7 Å². The molecule has 1 heterocycles. The van der Waals surface area contributed by atoms with Gasteiger partial charge in [-0.25, -0.2) is 0 Å². The van der Waals surface area contributed by atoms with Gasteiger partial charge in [0.1, 0.15) is 5.75 Å². The maximum absolute atomic E-state index is 12.6. The van der Waals surface area contributed by atoms with E-state index in [-0.39, 0.29) is 5.91 Å². The number of ether oxygens (including phenoxy) is 1. The van der Waals surface area contributed by atoms with Crippen molar-refractivity contribution in [1.82, 2.24) is 9.80 Å². The predicted octanol–water partition coefficient (Wildman–Crippen LogP) is 3.79. The van der Waals surface area contributed by atoms with Gasteiger partial charge < -0.3 is 14.5 Å².